The number of nitrogens with one attached hydrogen (secondary N) is 1. The molecule has 1 amide bonds. The number of hydrogen-bond acceptors (Lipinski definition) is 3. The van der Waals surface area contributed by atoms with Crippen LogP contribution in [0.3, 0.4) is 0 Å². The molecule has 3 rings (SSSR count). The topological polar surface area (TPSA) is 64.7 Å². The number of halogens is 4. The summed E-state index contributed by atoms with van der Waals surface area (Å²) in [5.74, 6) is -0.289. The number of amides is 1. The van der Waals surface area contributed by atoms with Crippen LogP contribution < -0.4 is 5.32 Å². The van der Waals surface area contributed by atoms with Gasteiger partial charge in [-0.1, -0.05) is 59.4 Å². The van der Waals surface area contributed by atoms with Crippen molar-refractivity contribution in [3.8, 4) is 0 Å². The Morgan fingerprint density at radius 2 is 1.89 bits per heavy atom. The van der Waals surface area contributed by atoms with Crippen molar-refractivity contribution < 1.29 is 4.79 Å². The Kier molecular flexibility index (Phi) is 6.32. The first-order valence-corrected chi connectivity index (χ1v) is 9.48. The predicted molar refractivity (Wildman–Crippen MR) is 108 cm³/mol. The third-order valence-corrected chi connectivity index (χ3v) is 4.88. The van der Waals surface area contributed by atoms with Gasteiger partial charge in [-0.25, -0.2) is 0 Å². The van der Waals surface area contributed by atoms with Crippen LogP contribution in [0, 0.1) is 5.92 Å². The summed E-state index contributed by atoms with van der Waals surface area (Å²) in [7, 11) is 0. The summed E-state index contributed by atoms with van der Waals surface area (Å²) in [6.45, 7) is 2.56. The second-order valence-corrected chi connectivity index (χ2v) is 7.72. The number of carbonyl (C=O) groups is 1. The Labute approximate surface area is 176 Å². The molecular weight excluding hydrogens is 432 g/mol. The molecule has 0 aliphatic heterocycles. The van der Waals surface area contributed by atoms with Gasteiger partial charge in [0.25, 0.3) is 0 Å². The van der Waals surface area contributed by atoms with Crippen molar-refractivity contribution in [2.45, 2.75) is 20.0 Å². The molecule has 27 heavy (non-hydrogen) atoms. The molecule has 0 saturated heterocycles. The molecule has 0 bridgehead atoms. The van der Waals surface area contributed by atoms with Gasteiger partial charge in [-0.3, -0.25) is 14.2 Å². The van der Waals surface area contributed by atoms with Gasteiger partial charge >= 0.3 is 0 Å². The Bertz CT molecular complexity index is 968. The summed E-state index contributed by atoms with van der Waals surface area (Å²) in [5.41, 5.74) is 0.835. The lowest BCUT2D eigenvalue weighted by Gasteiger charge is -2.11. The molecule has 0 aliphatic rings. The average molecular weight is 447 g/mol. The zero-order chi connectivity index (χ0) is 19.6. The lowest BCUT2D eigenvalue weighted by molar-refractivity contribution is -0.119. The first-order chi connectivity index (χ1) is 12.8. The van der Waals surface area contributed by atoms with Crippen molar-refractivity contribution in [3.05, 3.63) is 62.4 Å². The number of anilines is 1. The molecule has 1 aromatic carbocycles. The number of hydrogen-bond donors (Lipinski definition) is 1. The molecule has 6 nitrogen and oxygen atoms in total. The molecule has 10 heteroatoms. The lowest BCUT2D eigenvalue weighted by atomic mass is 10.1. The summed E-state index contributed by atoms with van der Waals surface area (Å²) in [6, 6.07) is 5.23. The predicted octanol–water partition coefficient (Wildman–Crippen LogP) is 5.02. The van der Waals surface area contributed by atoms with Crippen LogP contribution in [-0.2, 0) is 17.9 Å². The molecule has 1 N–H and O–H groups in total. The zero-order valence-electron chi connectivity index (χ0n) is 14.2. The van der Waals surface area contributed by atoms with E-state index in [0.29, 0.717) is 33.2 Å². The third-order valence-electron chi connectivity index (χ3n) is 3.82. The van der Waals surface area contributed by atoms with Gasteiger partial charge in [-0.15, -0.1) is 0 Å². The van der Waals surface area contributed by atoms with Crippen molar-refractivity contribution in [3.63, 3.8) is 0 Å². The number of benzene rings is 1. The van der Waals surface area contributed by atoms with E-state index in [1.54, 1.807) is 40.8 Å². The summed E-state index contributed by atoms with van der Waals surface area (Å²) < 4.78 is 3.21. The minimum atomic E-state index is -0.354. The van der Waals surface area contributed by atoms with E-state index in [1.165, 1.54) is 6.20 Å². The lowest BCUT2D eigenvalue weighted by Crippen LogP contribution is -2.25. The molecule has 142 valence electrons. The van der Waals surface area contributed by atoms with Crippen molar-refractivity contribution in [2.24, 2.45) is 5.92 Å². The van der Waals surface area contributed by atoms with Crippen LogP contribution in [0.1, 0.15) is 12.5 Å². The fourth-order valence-corrected chi connectivity index (χ4v) is 3.25. The maximum Gasteiger partial charge on any atom is 0.230 e. The molecule has 0 radical (unpaired) electrons. The molecule has 0 spiro atoms. The monoisotopic (exact) mass is 445 g/mol. The van der Waals surface area contributed by atoms with E-state index >= 15 is 0 Å². The van der Waals surface area contributed by atoms with Crippen LogP contribution in [0.4, 0.5) is 5.82 Å². The SMILES string of the molecule is CC(Cn1cc(Cl)cn1)C(=O)Nc1nn(Cc2ccc(Cl)cc2Cl)cc1Cl. The molecule has 1 atom stereocenters. The normalized spacial score (nSPS) is 12.2. The van der Waals surface area contributed by atoms with Crippen LogP contribution in [0.25, 0.3) is 0 Å². The second kappa shape index (κ2) is 8.52. The molecule has 2 heterocycles. The molecule has 0 saturated carbocycles. The smallest absolute Gasteiger partial charge is 0.230 e. The van der Waals surface area contributed by atoms with Crippen molar-refractivity contribution in [2.75, 3.05) is 5.32 Å². The Balaban J connectivity index is 1.66. The highest BCUT2D eigenvalue weighted by molar-refractivity contribution is 6.35. The Morgan fingerprint density at radius 3 is 2.56 bits per heavy atom. The van der Waals surface area contributed by atoms with Gasteiger partial charge in [0.1, 0.15) is 5.02 Å². The zero-order valence-corrected chi connectivity index (χ0v) is 17.2. The van der Waals surface area contributed by atoms with Gasteiger partial charge in [-0.05, 0) is 17.7 Å². The number of aromatic nitrogens is 4. The highest BCUT2D eigenvalue weighted by atomic mass is 35.5. The van der Waals surface area contributed by atoms with Gasteiger partial charge in [0.15, 0.2) is 5.82 Å². The minimum absolute atomic E-state index is 0.224. The molecule has 1 unspecified atom stereocenters. The second-order valence-electron chi connectivity index (χ2n) is 6.03. The van der Waals surface area contributed by atoms with E-state index in [4.69, 9.17) is 46.4 Å². The van der Waals surface area contributed by atoms with Crippen LogP contribution in [-0.4, -0.2) is 25.5 Å². The third kappa shape index (κ3) is 5.17. The van der Waals surface area contributed by atoms with Crippen LogP contribution >= 0.6 is 46.4 Å². The van der Waals surface area contributed by atoms with Crippen LogP contribution in [0.15, 0.2) is 36.8 Å². The van der Waals surface area contributed by atoms with Gasteiger partial charge in [0, 0.05) is 22.4 Å². The Morgan fingerprint density at radius 1 is 1.11 bits per heavy atom. The van der Waals surface area contributed by atoms with E-state index in [-0.39, 0.29) is 17.6 Å². The fourth-order valence-electron chi connectivity index (χ4n) is 2.43. The highest BCUT2D eigenvalue weighted by Crippen LogP contribution is 2.24. The molecule has 0 fully saturated rings. The first-order valence-electron chi connectivity index (χ1n) is 7.97. The van der Waals surface area contributed by atoms with Crippen LogP contribution in [0.5, 0.6) is 0 Å². The number of rotatable bonds is 6. The average Bonchev–Trinajstić information content (AvgIpc) is 3.15. The van der Waals surface area contributed by atoms with Gasteiger partial charge in [0.05, 0.1) is 30.2 Å². The van der Waals surface area contributed by atoms with E-state index in [9.17, 15) is 4.79 Å². The fraction of sp³-hybridized carbons (Fsp3) is 0.235. The summed E-state index contributed by atoms with van der Waals surface area (Å²) >= 11 is 24.1. The number of carbonyl (C=O) groups excluding carboxylic acids is 1. The maximum absolute atomic E-state index is 12.4. The minimum Gasteiger partial charge on any atom is -0.308 e. The highest BCUT2D eigenvalue weighted by Gasteiger charge is 2.18. The Hall–Kier alpha value is -1.73. The number of nitrogens with zero attached hydrogens (tertiary/aromatic N) is 4. The van der Waals surface area contributed by atoms with Crippen molar-refractivity contribution >= 4 is 58.1 Å². The molecule has 3 aromatic rings. The maximum atomic E-state index is 12.4. The largest absolute Gasteiger partial charge is 0.308 e. The van der Waals surface area contributed by atoms with E-state index in [2.05, 4.69) is 15.5 Å². The van der Waals surface area contributed by atoms with E-state index in [1.807, 2.05) is 6.07 Å². The van der Waals surface area contributed by atoms with E-state index in [0.717, 1.165) is 5.56 Å². The van der Waals surface area contributed by atoms with Gasteiger partial charge < -0.3 is 5.32 Å². The summed E-state index contributed by atoms with van der Waals surface area (Å²) in [6.07, 6.45) is 4.80. The van der Waals surface area contributed by atoms with Gasteiger partial charge in [-0.2, -0.15) is 10.2 Å². The van der Waals surface area contributed by atoms with Crippen LogP contribution in [0.2, 0.25) is 20.1 Å². The van der Waals surface area contributed by atoms with Crippen molar-refractivity contribution in [1.82, 2.24) is 19.6 Å². The molecule has 0 aliphatic carbocycles. The quantitative estimate of drug-likeness (QED) is 0.578. The first kappa shape index (κ1) is 20.0. The molecular formula is C17H15Cl4N5O. The van der Waals surface area contributed by atoms with Gasteiger partial charge in [0.2, 0.25) is 5.91 Å². The summed E-state index contributed by atoms with van der Waals surface area (Å²) in [5, 5.41) is 13.1. The van der Waals surface area contributed by atoms with E-state index < -0.39 is 0 Å². The van der Waals surface area contributed by atoms with Crippen molar-refractivity contribution in [1.29, 1.82) is 0 Å². The molecule has 2 aromatic heterocycles. The summed E-state index contributed by atoms with van der Waals surface area (Å²) in [4.78, 5) is 12.4. The standard InChI is InChI=1S/C17H15Cl4N5O/c1-10(6-25-8-13(19)5-22-25)17(27)23-16-15(21)9-26(24-16)7-11-2-3-12(18)4-14(11)20/h2-5,8-10H,6-7H2,1H3,(H,23,24,27).